The van der Waals surface area contributed by atoms with Crippen molar-refractivity contribution in [1.82, 2.24) is 0 Å². The Morgan fingerprint density at radius 2 is 1.88 bits per heavy atom. The van der Waals surface area contributed by atoms with Gasteiger partial charge in [0.1, 0.15) is 5.75 Å². The molecule has 0 aliphatic carbocycles. The Morgan fingerprint density at radius 3 is 2.58 bits per heavy atom. The zero-order valence-corrected chi connectivity index (χ0v) is 14.6. The maximum Gasteiger partial charge on any atom is 0.117 e. The summed E-state index contributed by atoms with van der Waals surface area (Å²) in [7, 11) is 0. The van der Waals surface area contributed by atoms with E-state index >= 15 is 0 Å². The molecule has 1 unspecified atom stereocenters. The largest absolute Gasteiger partial charge is 0.508 e. The fraction of sp³-hybridized carbons (Fsp3) is 0.429. The zero-order valence-electron chi connectivity index (χ0n) is 14.6. The highest BCUT2D eigenvalue weighted by atomic mass is 16.5. The van der Waals surface area contributed by atoms with Crippen molar-refractivity contribution in [2.75, 3.05) is 18.5 Å². The Kier molecular flexibility index (Phi) is 4.81. The van der Waals surface area contributed by atoms with Gasteiger partial charge >= 0.3 is 0 Å². The first-order valence-corrected chi connectivity index (χ1v) is 8.72. The van der Waals surface area contributed by atoms with Crippen LogP contribution in [0.4, 0.5) is 5.69 Å². The van der Waals surface area contributed by atoms with Gasteiger partial charge in [0, 0.05) is 30.3 Å². The Morgan fingerprint density at radius 1 is 1.08 bits per heavy atom. The Bertz CT molecular complexity index is 669. The molecule has 1 saturated heterocycles. The van der Waals surface area contributed by atoms with Crippen LogP contribution in [0.15, 0.2) is 54.6 Å². The molecule has 0 amide bonds. The van der Waals surface area contributed by atoms with Gasteiger partial charge in [0.05, 0.1) is 5.60 Å². The van der Waals surface area contributed by atoms with E-state index in [4.69, 9.17) is 4.74 Å². The van der Waals surface area contributed by atoms with Crippen LogP contribution in [0, 0.1) is 0 Å². The molecule has 1 aliphatic rings. The van der Waals surface area contributed by atoms with Gasteiger partial charge in [-0.3, -0.25) is 0 Å². The molecule has 128 valence electrons. The molecule has 1 heterocycles. The van der Waals surface area contributed by atoms with Crippen LogP contribution in [0.3, 0.4) is 0 Å². The molecule has 3 rings (SSSR count). The standard InChI is InChI=1S/C21H27NO2/c1-20(2)16-21(12-14-24-20,17-7-4-3-5-8-17)11-13-22-18-9-6-10-19(23)15-18/h3-10,15,22-23H,11-14,16H2,1-2H3. The lowest BCUT2D eigenvalue weighted by Gasteiger charge is -2.45. The monoisotopic (exact) mass is 325 g/mol. The second-order valence-corrected chi connectivity index (χ2v) is 7.41. The Labute approximate surface area is 144 Å². The van der Waals surface area contributed by atoms with Crippen molar-refractivity contribution in [2.45, 2.75) is 44.1 Å². The second kappa shape index (κ2) is 6.86. The third kappa shape index (κ3) is 3.90. The molecule has 0 aromatic heterocycles. The zero-order chi connectivity index (χ0) is 17.0. The van der Waals surface area contributed by atoms with E-state index in [0.29, 0.717) is 5.75 Å². The van der Waals surface area contributed by atoms with Gasteiger partial charge in [-0.2, -0.15) is 0 Å². The number of ether oxygens (including phenoxy) is 1. The van der Waals surface area contributed by atoms with E-state index in [1.165, 1.54) is 5.56 Å². The molecule has 24 heavy (non-hydrogen) atoms. The molecule has 2 N–H and O–H groups in total. The molecule has 0 saturated carbocycles. The summed E-state index contributed by atoms with van der Waals surface area (Å²) in [5.41, 5.74) is 2.40. The smallest absolute Gasteiger partial charge is 0.117 e. The minimum Gasteiger partial charge on any atom is -0.508 e. The SMILES string of the molecule is CC1(C)CC(CCNc2cccc(O)c2)(c2ccccc2)CCO1. The minimum absolute atomic E-state index is 0.0981. The highest BCUT2D eigenvalue weighted by Crippen LogP contribution is 2.43. The van der Waals surface area contributed by atoms with Crippen LogP contribution in [0.2, 0.25) is 0 Å². The summed E-state index contributed by atoms with van der Waals surface area (Å²) in [6, 6.07) is 18.1. The number of hydrogen-bond donors (Lipinski definition) is 2. The lowest BCUT2D eigenvalue weighted by Crippen LogP contribution is -2.44. The van der Waals surface area contributed by atoms with E-state index in [2.05, 4.69) is 49.5 Å². The first kappa shape index (κ1) is 16.8. The molecule has 1 fully saturated rings. The molecule has 0 bridgehead atoms. The maximum absolute atomic E-state index is 9.60. The fourth-order valence-electron chi connectivity index (χ4n) is 3.93. The highest BCUT2D eigenvalue weighted by molar-refractivity contribution is 5.47. The van der Waals surface area contributed by atoms with Gasteiger partial charge in [0.2, 0.25) is 0 Å². The van der Waals surface area contributed by atoms with Gasteiger partial charge in [-0.05, 0) is 50.8 Å². The van der Waals surface area contributed by atoms with Crippen LogP contribution < -0.4 is 5.32 Å². The van der Waals surface area contributed by atoms with Gasteiger partial charge in [-0.15, -0.1) is 0 Å². The molecular weight excluding hydrogens is 298 g/mol. The predicted molar refractivity (Wildman–Crippen MR) is 98.6 cm³/mol. The van der Waals surface area contributed by atoms with Crippen LogP contribution in [-0.4, -0.2) is 23.9 Å². The summed E-state index contributed by atoms with van der Waals surface area (Å²) in [6.07, 6.45) is 3.10. The Hall–Kier alpha value is -2.00. The van der Waals surface area contributed by atoms with Gasteiger partial charge in [0.15, 0.2) is 0 Å². The van der Waals surface area contributed by atoms with E-state index in [9.17, 15) is 5.11 Å². The van der Waals surface area contributed by atoms with Crippen molar-refractivity contribution >= 4 is 5.69 Å². The molecule has 1 atom stereocenters. The third-order valence-corrected chi connectivity index (χ3v) is 5.00. The Balaban J connectivity index is 1.76. The topological polar surface area (TPSA) is 41.5 Å². The average molecular weight is 325 g/mol. The predicted octanol–water partition coefficient (Wildman–Crippen LogP) is 4.72. The number of hydrogen-bond acceptors (Lipinski definition) is 3. The summed E-state index contributed by atoms with van der Waals surface area (Å²) < 4.78 is 5.97. The number of rotatable bonds is 5. The van der Waals surface area contributed by atoms with Gasteiger partial charge in [-0.1, -0.05) is 36.4 Å². The average Bonchev–Trinajstić information content (AvgIpc) is 2.55. The highest BCUT2D eigenvalue weighted by Gasteiger charge is 2.41. The van der Waals surface area contributed by atoms with Crippen LogP contribution in [0.1, 0.15) is 38.7 Å². The molecule has 2 aromatic rings. The lowest BCUT2D eigenvalue weighted by atomic mass is 9.67. The molecule has 2 aromatic carbocycles. The summed E-state index contributed by atoms with van der Waals surface area (Å²) in [5, 5.41) is 13.1. The van der Waals surface area contributed by atoms with Crippen LogP contribution >= 0.6 is 0 Å². The van der Waals surface area contributed by atoms with Crippen molar-refractivity contribution in [3.8, 4) is 5.75 Å². The molecule has 0 radical (unpaired) electrons. The van der Waals surface area contributed by atoms with Crippen LogP contribution in [-0.2, 0) is 10.2 Å². The van der Waals surface area contributed by atoms with Crippen LogP contribution in [0.5, 0.6) is 5.75 Å². The summed E-state index contributed by atoms with van der Waals surface area (Å²) >= 11 is 0. The number of nitrogens with one attached hydrogen (secondary N) is 1. The van der Waals surface area contributed by atoms with E-state index in [0.717, 1.165) is 38.1 Å². The summed E-state index contributed by atoms with van der Waals surface area (Å²) in [4.78, 5) is 0. The molecule has 3 nitrogen and oxygen atoms in total. The van der Waals surface area contributed by atoms with E-state index < -0.39 is 0 Å². The molecular formula is C21H27NO2. The van der Waals surface area contributed by atoms with Gasteiger partial charge in [-0.25, -0.2) is 0 Å². The van der Waals surface area contributed by atoms with Crippen molar-refractivity contribution in [2.24, 2.45) is 0 Å². The number of aromatic hydroxyl groups is 1. The maximum atomic E-state index is 9.60. The quantitative estimate of drug-likeness (QED) is 0.835. The van der Waals surface area contributed by atoms with Gasteiger partial charge < -0.3 is 15.2 Å². The van der Waals surface area contributed by atoms with Crippen molar-refractivity contribution in [3.05, 3.63) is 60.2 Å². The molecule has 0 spiro atoms. The van der Waals surface area contributed by atoms with Crippen molar-refractivity contribution in [3.63, 3.8) is 0 Å². The molecule has 3 heteroatoms. The van der Waals surface area contributed by atoms with Gasteiger partial charge in [0.25, 0.3) is 0 Å². The third-order valence-electron chi connectivity index (χ3n) is 5.00. The molecule has 1 aliphatic heterocycles. The number of phenolic OH excluding ortho intramolecular Hbond substituents is 1. The first-order valence-electron chi connectivity index (χ1n) is 8.72. The van der Waals surface area contributed by atoms with Crippen molar-refractivity contribution < 1.29 is 9.84 Å². The first-order chi connectivity index (χ1) is 11.5. The van der Waals surface area contributed by atoms with Crippen molar-refractivity contribution in [1.29, 1.82) is 0 Å². The summed E-state index contributed by atoms with van der Waals surface area (Å²) in [6.45, 7) is 6.04. The minimum atomic E-state index is -0.0981. The number of benzene rings is 2. The normalized spacial score (nSPS) is 22.9. The van der Waals surface area contributed by atoms with E-state index in [-0.39, 0.29) is 11.0 Å². The lowest BCUT2D eigenvalue weighted by molar-refractivity contribution is -0.0834. The second-order valence-electron chi connectivity index (χ2n) is 7.41. The van der Waals surface area contributed by atoms with Crippen LogP contribution in [0.25, 0.3) is 0 Å². The number of phenols is 1. The fourth-order valence-corrected chi connectivity index (χ4v) is 3.93. The number of anilines is 1. The summed E-state index contributed by atoms with van der Waals surface area (Å²) in [5.74, 6) is 0.296. The van der Waals surface area contributed by atoms with E-state index in [1.54, 1.807) is 12.1 Å². The van der Waals surface area contributed by atoms with E-state index in [1.807, 2.05) is 12.1 Å².